The van der Waals surface area contributed by atoms with Crippen LogP contribution in [0, 0.1) is 0 Å². The molecule has 1 aliphatic heterocycles. The molecule has 2 N–H and O–H groups in total. The first-order valence-corrected chi connectivity index (χ1v) is 11.4. The van der Waals surface area contributed by atoms with Crippen LogP contribution in [0.5, 0.6) is 0 Å². The van der Waals surface area contributed by atoms with Crippen LogP contribution in [0.4, 0.5) is 17.2 Å². The first kappa shape index (κ1) is 21.8. The molecular formula is C21H14Cl2N4O4S. The lowest BCUT2D eigenvalue weighted by Crippen LogP contribution is -2.32. The minimum absolute atomic E-state index is 0.00889. The van der Waals surface area contributed by atoms with Gasteiger partial charge in [0.2, 0.25) is 0 Å². The Bertz CT molecular complexity index is 1330. The molecule has 0 saturated heterocycles. The van der Waals surface area contributed by atoms with E-state index in [4.69, 9.17) is 23.2 Å². The SMILES string of the molecule is O=C1C(Cl)=C(Nc2ccc(S(=O)(=O)Nc3ccccn3)cc2)C(=O)N1c1ccc(Cl)cc1. The van der Waals surface area contributed by atoms with E-state index in [1.165, 1.54) is 48.7 Å². The molecule has 0 radical (unpaired) electrons. The molecule has 0 bridgehead atoms. The summed E-state index contributed by atoms with van der Waals surface area (Å²) >= 11 is 12.0. The Morgan fingerprint density at radius 2 is 1.53 bits per heavy atom. The molecular weight excluding hydrogens is 475 g/mol. The standard InChI is InChI=1S/C21H14Cl2N4O4S/c22-13-4-8-15(9-5-13)27-20(28)18(23)19(21(27)29)25-14-6-10-16(11-7-14)32(30,31)26-17-3-1-2-12-24-17/h1-12,25H,(H,24,26). The highest BCUT2D eigenvalue weighted by Crippen LogP contribution is 2.31. The van der Waals surface area contributed by atoms with E-state index in [1.807, 2.05) is 0 Å². The van der Waals surface area contributed by atoms with Crippen molar-refractivity contribution in [1.82, 2.24) is 4.98 Å². The van der Waals surface area contributed by atoms with E-state index in [-0.39, 0.29) is 21.4 Å². The number of carbonyl (C=O) groups excluding carboxylic acids is 2. The molecule has 2 amide bonds. The van der Waals surface area contributed by atoms with Gasteiger partial charge in [-0.3, -0.25) is 14.3 Å². The number of hydrogen-bond acceptors (Lipinski definition) is 6. The van der Waals surface area contributed by atoms with E-state index in [2.05, 4.69) is 15.0 Å². The van der Waals surface area contributed by atoms with Crippen LogP contribution in [0.1, 0.15) is 0 Å². The number of rotatable bonds is 6. The fourth-order valence-electron chi connectivity index (χ4n) is 2.92. The highest BCUT2D eigenvalue weighted by molar-refractivity contribution is 7.92. The van der Waals surface area contributed by atoms with Gasteiger partial charge in [0, 0.05) is 16.9 Å². The second-order valence-corrected chi connectivity index (χ2v) is 9.08. The zero-order valence-electron chi connectivity index (χ0n) is 16.1. The number of anilines is 3. The molecule has 1 aliphatic rings. The summed E-state index contributed by atoms with van der Waals surface area (Å²) in [4.78, 5) is 30.2. The van der Waals surface area contributed by atoms with Gasteiger partial charge in [0.1, 0.15) is 16.5 Å². The van der Waals surface area contributed by atoms with E-state index in [9.17, 15) is 18.0 Å². The first-order chi connectivity index (χ1) is 15.3. The lowest BCUT2D eigenvalue weighted by atomic mass is 10.3. The van der Waals surface area contributed by atoms with Crippen LogP contribution in [0.25, 0.3) is 0 Å². The van der Waals surface area contributed by atoms with Gasteiger partial charge in [-0.15, -0.1) is 0 Å². The Morgan fingerprint density at radius 1 is 0.844 bits per heavy atom. The van der Waals surface area contributed by atoms with Crippen LogP contribution < -0.4 is 14.9 Å². The number of sulfonamides is 1. The van der Waals surface area contributed by atoms with Crippen molar-refractivity contribution >= 4 is 62.2 Å². The molecule has 1 aromatic heterocycles. The van der Waals surface area contributed by atoms with Gasteiger partial charge in [0.25, 0.3) is 21.8 Å². The number of pyridine rings is 1. The highest BCUT2D eigenvalue weighted by atomic mass is 35.5. The zero-order chi connectivity index (χ0) is 22.9. The summed E-state index contributed by atoms with van der Waals surface area (Å²) in [5.74, 6) is -1.14. The molecule has 4 rings (SSSR count). The van der Waals surface area contributed by atoms with Gasteiger partial charge >= 0.3 is 0 Å². The van der Waals surface area contributed by atoms with Crippen molar-refractivity contribution in [3.63, 3.8) is 0 Å². The second-order valence-electron chi connectivity index (χ2n) is 6.58. The van der Waals surface area contributed by atoms with Crippen LogP contribution >= 0.6 is 23.2 Å². The molecule has 2 aromatic carbocycles. The summed E-state index contributed by atoms with van der Waals surface area (Å²) in [6.45, 7) is 0. The van der Waals surface area contributed by atoms with Crippen LogP contribution in [-0.4, -0.2) is 25.2 Å². The molecule has 162 valence electrons. The van der Waals surface area contributed by atoms with E-state index in [0.29, 0.717) is 16.4 Å². The van der Waals surface area contributed by atoms with Gasteiger partial charge in [-0.25, -0.2) is 18.3 Å². The maximum atomic E-state index is 12.8. The molecule has 0 saturated carbocycles. The third-order valence-electron chi connectivity index (χ3n) is 4.45. The summed E-state index contributed by atoms with van der Waals surface area (Å²) in [6.07, 6.45) is 1.47. The zero-order valence-corrected chi connectivity index (χ0v) is 18.4. The number of hydrogen-bond donors (Lipinski definition) is 2. The Kier molecular flexibility index (Phi) is 5.88. The van der Waals surface area contributed by atoms with E-state index >= 15 is 0 Å². The summed E-state index contributed by atoms with van der Waals surface area (Å²) in [6, 6.07) is 16.6. The van der Waals surface area contributed by atoms with E-state index in [1.54, 1.807) is 24.3 Å². The molecule has 0 fully saturated rings. The smallest absolute Gasteiger partial charge is 0.283 e. The van der Waals surface area contributed by atoms with Gasteiger partial charge in [0.15, 0.2) is 0 Å². The fraction of sp³-hybridized carbons (Fsp3) is 0. The van der Waals surface area contributed by atoms with Crippen molar-refractivity contribution < 1.29 is 18.0 Å². The van der Waals surface area contributed by atoms with Gasteiger partial charge in [-0.2, -0.15) is 0 Å². The summed E-state index contributed by atoms with van der Waals surface area (Å²) < 4.78 is 27.4. The van der Waals surface area contributed by atoms with Crippen LogP contribution in [0.3, 0.4) is 0 Å². The molecule has 2 heterocycles. The summed E-state index contributed by atoms with van der Waals surface area (Å²) in [5.41, 5.74) is 0.573. The van der Waals surface area contributed by atoms with Crippen molar-refractivity contribution in [2.45, 2.75) is 4.90 Å². The number of benzene rings is 2. The Morgan fingerprint density at radius 3 is 2.16 bits per heavy atom. The third kappa shape index (κ3) is 4.31. The fourth-order valence-corrected chi connectivity index (χ4v) is 4.26. The molecule has 32 heavy (non-hydrogen) atoms. The topological polar surface area (TPSA) is 108 Å². The normalized spacial score (nSPS) is 14.1. The Hall–Kier alpha value is -3.40. The van der Waals surface area contributed by atoms with Gasteiger partial charge in [-0.05, 0) is 60.7 Å². The number of aromatic nitrogens is 1. The minimum atomic E-state index is -3.85. The summed E-state index contributed by atoms with van der Waals surface area (Å²) in [5, 5.41) is 2.97. The largest absolute Gasteiger partial charge is 0.350 e. The number of nitrogens with one attached hydrogen (secondary N) is 2. The van der Waals surface area contributed by atoms with Crippen LogP contribution in [0.2, 0.25) is 5.02 Å². The van der Waals surface area contributed by atoms with Crippen LogP contribution in [-0.2, 0) is 19.6 Å². The molecule has 3 aromatic rings. The average Bonchev–Trinajstić information content (AvgIpc) is 2.98. The first-order valence-electron chi connectivity index (χ1n) is 9.11. The Labute approximate surface area is 193 Å². The molecule has 0 aliphatic carbocycles. The minimum Gasteiger partial charge on any atom is -0.350 e. The average molecular weight is 489 g/mol. The number of carbonyl (C=O) groups is 2. The molecule has 0 unspecified atom stereocenters. The van der Waals surface area contributed by atoms with Gasteiger partial charge in [0.05, 0.1) is 10.6 Å². The number of nitrogens with zero attached hydrogens (tertiary/aromatic N) is 2. The predicted molar refractivity (Wildman–Crippen MR) is 122 cm³/mol. The van der Waals surface area contributed by atoms with Gasteiger partial charge in [-0.1, -0.05) is 29.3 Å². The molecule has 8 nitrogen and oxygen atoms in total. The monoisotopic (exact) mass is 488 g/mol. The number of amides is 2. The Balaban J connectivity index is 1.52. The lowest BCUT2D eigenvalue weighted by molar-refractivity contribution is -0.120. The molecule has 0 spiro atoms. The quantitative estimate of drug-likeness (QED) is 0.508. The number of halogens is 2. The van der Waals surface area contributed by atoms with Crippen molar-refractivity contribution in [3.8, 4) is 0 Å². The van der Waals surface area contributed by atoms with Gasteiger partial charge < -0.3 is 5.32 Å². The molecule has 11 heteroatoms. The van der Waals surface area contributed by atoms with Crippen molar-refractivity contribution in [2.24, 2.45) is 0 Å². The van der Waals surface area contributed by atoms with E-state index < -0.39 is 21.8 Å². The predicted octanol–water partition coefficient (Wildman–Crippen LogP) is 3.97. The second kappa shape index (κ2) is 8.62. The third-order valence-corrected chi connectivity index (χ3v) is 6.42. The highest BCUT2D eigenvalue weighted by Gasteiger charge is 2.38. The lowest BCUT2D eigenvalue weighted by Gasteiger charge is -2.15. The van der Waals surface area contributed by atoms with E-state index in [0.717, 1.165) is 4.90 Å². The van der Waals surface area contributed by atoms with Crippen molar-refractivity contribution in [2.75, 3.05) is 14.9 Å². The van der Waals surface area contributed by atoms with Crippen LogP contribution in [0.15, 0.2) is 88.6 Å². The molecule has 0 atom stereocenters. The number of imide groups is 1. The maximum Gasteiger partial charge on any atom is 0.283 e. The van der Waals surface area contributed by atoms with Crippen molar-refractivity contribution in [1.29, 1.82) is 0 Å². The van der Waals surface area contributed by atoms with Crippen molar-refractivity contribution in [3.05, 3.63) is 88.7 Å². The maximum absolute atomic E-state index is 12.8. The summed E-state index contributed by atoms with van der Waals surface area (Å²) in [7, 11) is -3.85.